The molecule has 2 aromatic carbocycles. The minimum absolute atomic E-state index is 0.122. The van der Waals surface area contributed by atoms with Crippen LogP contribution < -0.4 is 5.32 Å². The van der Waals surface area contributed by atoms with Gasteiger partial charge in [-0.25, -0.2) is 0 Å². The summed E-state index contributed by atoms with van der Waals surface area (Å²) in [4.78, 5) is 14.4. The highest BCUT2D eigenvalue weighted by Gasteiger charge is 2.11. The maximum atomic E-state index is 12.4. The minimum atomic E-state index is -0.122. The Hall–Kier alpha value is -1.76. The predicted octanol–water partition coefficient (Wildman–Crippen LogP) is 5.40. The summed E-state index contributed by atoms with van der Waals surface area (Å²) in [6.07, 6.45) is 1.69. The van der Waals surface area contributed by atoms with Gasteiger partial charge in [-0.15, -0.1) is 0 Å². The van der Waals surface area contributed by atoms with Crippen molar-refractivity contribution in [2.75, 3.05) is 5.32 Å². The zero-order valence-corrected chi connectivity index (χ0v) is 16.5. The van der Waals surface area contributed by atoms with Gasteiger partial charge >= 0.3 is 0 Å². The average Bonchev–Trinajstić information content (AvgIpc) is 2.91. The summed E-state index contributed by atoms with van der Waals surface area (Å²) in [6.45, 7) is 2.08. The van der Waals surface area contributed by atoms with Gasteiger partial charge in [-0.1, -0.05) is 35.5 Å². The van der Waals surface area contributed by atoms with Crippen LogP contribution in [0.4, 0.5) is 5.69 Å². The van der Waals surface area contributed by atoms with Gasteiger partial charge < -0.3 is 5.32 Å². The van der Waals surface area contributed by atoms with Crippen molar-refractivity contribution in [3.63, 3.8) is 0 Å². The number of nitrogens with zero attached hydrogens (tertiary/aromatic N) is 2. The van der Waals surface area contributed by atoms with Crippen LogP contribution in [0.2, 0.25) is 5.02 Å². The number of anilines is 1. The van der Waals surface area contributed by atoms with Crippen molar-refractivity contribution < 1.29 is 4.79 Å². The molecule has 1 amide bonds. The first kappa shape index (κ1) is 18.0. The molecular formula is C18H15BrClN3OS. The van der Waals surface area contributed by atoms with Crippen molar-refractivity contribution in [3.8, 4) is 0 Å². The van der Waals surface area contributed by atoms with E-state index in [4.69, 9.17) is 11.6 Å². The summed E-state index contributed by atoms with van der Waals surface area (Å²) >= 11 is 10.9. The Morgan fingerprint density at radius 1 is 1.24 bits per heavy atom. The number of halogens is 2. The van der Waals surface area contributed by atoms with Crippen molar-refractivity contribution in [2.45, 2.75) is 23.3 Å². The molecule has 128 valence electrons. The number of rotatable bonds is 5. The summed E-state index contributed by atoms with van der Waals surface area (Å²) in [6, 6.07) is 15.3. The molecule has 0 unspecified atom stereocenters. The molecule has 0 saturated heterocycles. The molecule has 0 aliphatic carbocycles. The molecule has 0 radical (unpaired) electrons. The number of amides is 1. The van der Waals surface area contributed by atoms with E-state index in [0.717, 1.165) is 25.6 Å². The van der Waals surface area contributed by atoms with Crippen LogP contribution in [-0.2, 0) is 11.3 Å². The van der Waals surface area contributed by atoms with E-state index >= 15 is 0 Å². The SMILES string of the molecule is Cc1c(Br)cnn1CC(=O)Nc1ccccc1Sc1ccc(Cl)cc1. The molecule has 25 heavy (non-hydrogen) atoms. The van der Waals surface area contributed by atoms with Gasteiger partial charge in [0.15, 0.2) is 0 Å². The Morgan fingerprint density at radius 3 is 2.64 bits per heavy atom. The molecule has 0 aliphatic rings. The first-order valence-corrected chi connectivity index (χ1v) is 9.52. The highest BCUT2D eigenvalue weighted by molar-refractivity contribution is 9.10. The fourth-order valence-corrected chi connectivity index (χ4v) is 3.52. The monoisotopic (exact) mass is 435 g/mol. The second kappa shape index (κ2) is 8.08. The molecule has 3 rings (SSSR count). The molecule has 0 saturated carbocycles. The van der Waals surface area contributed by atoms with E-state index < -0.39 is 0 Å². The molecule has 3 aromatic rings. The topological polar surface area (TPSA) is 46.9 Å². The summed E-state index contributed by atoms with van der Waals surface area (Å²) in [5.41, 5.74) is 1.69. The highest BCUT2D eigenvalue weighted by Crippen LogP contribution is 2.33. The first-order valence-electron chi connectivity index (χ1n) is 7.53. The predicted molar refractivity (Wildman–Crippen MR) is 105 cm³/mol. The zero-order valence-electron chi connectivity index (χ0n) is 13.4. The van der Waals surface area contributed by atoms with Crippen molar-refractivity contribution in [3.05, 3.63) is 69.9 Å². The van der Waals surface area contributed by atoms with E-state index in [1.165, 1.54) is 0 Å². The molecular weight excluding hydrogens is 422 g/mol. The second-order valence-corrected chi connectivity index (χ2v) is 7.74. The molecule has 0 spiro atoms. The van der Waals surface area contributed by atoms with Crippen LogP contribution in [0.3, 0.4) is 0 Å². The van der Waals surface area contributed by atoms with Crippen LogP contribution in [0.5, 0.6) is 0 Å². The smallest absolute Gasteiger partial charge is 0.246 e. The number of hydrogen-bond donors (Lipinski definition) is 1. The Morgan fingerprint density at radius 2 is 1.96 bits per heavy atom. The Labute approximate surface area is 163 Å². The summed E-state index contributed by atoms with van der Waals surface area (Å²) < 4.78 is 2.55. The van der Waals surface area contributed by atoms with Crippen LogP contribution in [0.1, 0.15) is 5.69 Å². The number of carbonyl (C=O) groups excluding carboxylic acids is 1. The third-order valence-electron chi connectivity index (χ3n) is 3.54. The van der Waals surface area contributed by atoms with Crippen LogP contribution in [0.25, 0.3) is 0 Å². The highest BCUT2D eigenvalue weighted by atomic mass is 79.9. The van der Waals surface area contributed by atoms with Crippen molar-refractivity contribution in [1.82, 2.24) is 9.78 Å². The number of aromatic nitrogens is 2. The summed E-state index contributed by atoms with van der Waals surface area (Å²) in [5, 5.41) is 7.85. The molecule has 4 nitrogen and oxygen atoms in total. The van der Waals surface area contributed by atoms with Crippen LogP contribution in [-0.4, -0.2) is 15.7 Å². The van der Waals surface area contributed by atoms with Gasteiger partial charge in [-0.05, 0) is 59.3 Å². The number of benzene rings is 2. The molecule has 0 atom stereocenters. The van der Waals surface area contributed by atoms with Gasteiger partial charge in [0.1, 0.15) is 6.54 Å². The molecule has 1 N–H and O–H groups in total. The van der Waals surface area contributed by atoms with Gasteiger partial charge in [0.25, 0.3) is 0 Å². The van der Waals surface area contributed by atoms with E-state index in [9.17, 15) is 4.79 Å². The van der Waals surface area contributed by atoms with Crippen LogP contribution in [0, 0.1) is 6.92 Å². The third kappa shape index (κ3) is 4.66. The van der Waals surface area contributed by atoms with E-state index in [-0.39, 0.29) is 12.5 Å². The lowest BCUT2D eigenvalue weighted by atomic mass is 10.3. The summed E-state index contributed by atoms with van der Waals surface area (Å²) in [5.74, 6) is -0.122. The maximum absolute atomic E-state index is 12.4. The van der Waals surface area contributed by atoms with Gasteiger partial charge in [0, 0.05) is 14.8 Å². The molecule has 1 aromatic heterocycles. The van der Waals surface area contributed by atoms with Crippen LogP contribution in [0.15, 0.2) is 69.0 Å². The second-order valence-electron chi connectivity index (χ2n) is 5.34. The van der Waals surface area contributed by atoms with Gasteiger partial charge in [-0.2, -0.15) is 5.10 Å². The van der Waals surface area contributed by atoms with Crippen molar-refractivity contribution in [1.29, 1.82) is 0 Å². The third-order valence-corrected chi connectivity index (χ3v) is 5.65. The number of nitrogens with one attached hydrogen (secondary N) is 1. The average molecular weight is 437 g/mol. The van der Waals surface area contributed by atoms with Crippen molar-refractivity contribution in [2.24, 2.45) is 0 Å². The number of para-hydroxylation sites is 1. The lowest BCUT2D eigenvalue weighted by molar-refractivity contribution is -0.116. The largest absolute Gasteiger partial charge is 0.323 e. The zero-order chi connectivity index (χ0) is 17.8. The first-order chi connectivity index (χ1) is 12.0. The molecule has 0 fully saturated rings. The minimum Gasteiger partial charge on any atom is -0.323 e. The van der Waals surface area contributed by atoms with E-state index in [1.807, 2.05) is 55.5 Å². The van der Waals surface area contributed by atoms with E-state index in [1.54, 1.807) is 22.6 Å². The molecule has 0 bridgehead atoms. The van der Waals surface area contributed by atoms with Crippen molar-refractivity contribution >= 4 is 50.9 Å². The Balaban J connectivity index is 1.73. The Kier molecular flexibility index (Phi) is 5.83. The normalized spacial score (nSPS) is 10.7. The number of carbonyl (C=O) groups is 1. The van der Waals surface area contributed by atoms with Gasteiger partial charge in [-0.3, -0.25) is 9.48 Å². The van der Waals surface area contributed by atoms with Crippen LogP contribution >= 0.6 is 39.3 Å². The van der Waals surface area contributed by atoms with Gasteiger partial charge in [0.05, 0.1) is 22.1 Å². The fraction of sp³-hybridized carbons (Fsp3) is 0.111. The lowest BCUT2D eigenvalue weighted by Gasteiger charge is -2.11. The summed E-state index contributed by atoms with van der Waals surface area (Å²) in [7, 11) is 0. The quantitative estimate of drug-likeness (QED) is 0.583. The molecule has 0 aliphatic heterocycles. The van der Waals surface area contributed by atoms with E-state index in [0.29, 0.717) is 5.02 Å². The standard InChI is InChI=1S/C18H15BrClN3OS/c1-12-15(19)10-21-23(12)11-18(24)22-16-4-2-3-5-17(16)25-14-8-6-13(20)7-9-14/h2-10H,11H2,1H3,(H,22,24). The van der Waals surface area contributed by atoms with E-state index in [2.05, 4.69) is 26.3 Å². The van der Waals surface area contributed by atoms with Gasteiger partial charge in [0.2, 0.25) is 5.91 Å². The Bertz CT molecular complexity index is 896. The lowest BCUT2D eigenvalue weighted by Crippen LogP contribution is -2.20. The molecule has 7 heteroatoms. The maximum Gasteiger partial charge on any atom is 0.246 e. The molecule has 1 heterocycles. The fourth-order valence-electron chi connectivity index (χ4n) is 2.20. The number of hydrogen-bond acceptors (Lipinski definition) is 3.